The van der Waals surface area contributed by atoms with Gasteiger partial charge in [0, 0.05) is 55.5 Å². The number of aromatic nitrogens is 8. The molecule has 18 nitrogen and oxygen atoms in total. The molecular formula is C40H31F2N11O7. The number of rotatable bonds is 15. The number of carboxylic acids is 2. The van der Waals surface area contributed by atoms with Crippen LogP contribution in [0.2, 0.25) is 0 Å². The molecule has 0 fully saturated rings. The number of aromatic carboxylic acids is 2. The predicted molar refractivity (Wildman–Crippen MR) is 207 cm³/mol. The molecule has 0 unspecified atom stereocenters. The molecule has 0 radical (unpaired) electrons. The van der Waals surface area contributed by atoms with Crippen LogP contribution in [0.15, 0.2) is 110 Å². The fourth-order valence-corrected chi connectivity index (χ4v) is 6.01. The van der Waals surface area contributed by atoms with E-state index in [0.29, 0.717) is 22.9 Å². The van der Waals surface area contributed by atoms with E-state index >= 15 is 8.78 Å². The van der Waals surface area contributed by atoms with Gasteiger partial charge in [-0.15, -0.1) is 20.4 Å². The van der Waals surface area contributed by atoms with Crippen molar-refractivity contribution in [3.8, 4) is 17.4 Å². The van der Waals surface area contributed by atoms with Crippen molar-refractivity contribution >= 4 is 35.1 Å². The zero-order valence-electron chi connectivity index (χ0n) is 31.2. The lowest BCUT2D eigenvalue weighted by atomic mass is 10.0. The van der Waals surface area contributed by atoms with E-state index in [2.05, 4.69) is 41.0 Å². The highest BCUT2D eigenvalue weighted by molar-refractivity contribution is 6.07. The van der Waals surface area contributed by atoms with Crippen LogP contribution in [0.1, 0.15) is 58.4 Å². The Labute approximate surface area is 337 Å². The number of nitrogens with zero attached hydrogens (tertiary/aromatic N) is 9. The van der Waals surface area contributed by atoms with Gasteiger partial charge in [-0.25, -0.2) is 28.3 Å². The number of carboxylic acid groups (broad SMARTS) is 2. The van der Waals surface area contributed by atoms with Gasteiger partial charge in [-0.2, -0.15) is 0 Å². The number of ether oxygens (including phenoxy) is 1. The molecule has 60 heavy (non-hydrogen) atoms. The SMILES string of the molecule is COc1ccc(CN(Cc2cc(NC(=O)c3ccc(-n4ccnc4)nn3)c(C(=O)O)cc2F)Cc2cc(NC(=O)c3ccc(-n4ccnc4)nn3)c(C(=O)O)cc2F)cc1. The maximum absolute atomic E-state index is 15.8. The molecule has 4 N–H and O–H groups in total. The summed E-state index contributed by atoms with van der Waals surface area (Å²) in [5.74, 6) is -5.30. The highest BCUT2D eigenvalue weighted by Crippen LogP contribution is 2.28. The highest BCUT2D eigenvalue weighted by atomic mass is 19.1. The number of hydrogen-bond acceptors (Lipinski definition) is 12. The first-order valence-corrected chi connectivity index (χ1v) is 17.7. The van der Waals surface area contributed by atoms with Gasteiger partial charge in [-0.05, 0) is 66.2 Å². The fraction of sp³-hybridized carbons (Fsp3) is 0.100. The lowest BCUT2D eigenvalue weighted by Gasteiger charge is -2.25. The molecule has 0 aliphatic carbocycles. The first-order valence-electron chi connectivity index (χ1n) is 17.7. The van der Waals surface area contributed by atoms with Gasteiger partial charge >= 0.3 is 11.9 Å². The molecule has 0 aliphatic rings. The van der Waals surface area contributed by atoms with Gasteiger partial charge in [0.2, 0.25) is 0 Å². The molecule has 0 saturated heterocycles. The molecule has 0 saturated carbocycles. The second-order valence-electron chi connectivity index (χ2n) is 13.0. The van der Waals surface area contributed by atoms with Gasteiger partial charge in [0.05, 0.1) is 29.6 Å². The summed E-state index contributed by atoms with van der Waals surface area (Å²) in [5.41, 5.74) is -1.42. The molecule has 302 valence electrons. The van der Waals surface area contributed by atoms with Crippen LogP contribution in [0.5, 0.6) is 5.75 Å². The van der Waals surface area contributed by atoms with E-state index < -0.39 is 46.5 Å². The van der Waals surface area contributed by atoms with Crippen molar-refractivity contribution in [3.63, 3.8) is 0 Å². The summed E-state index contributed by atoms with van der Waals surface area (Å²) >= 11 is 0. The summed E-state index contributed by atoms with van der Waals surface area (Å²) in [7, 11) is 1.49. The fourth-order valence-electron chi connectivity index (χ4n) is 6.01. The van der Waals surface area contributed by atoms with Gasteiger partial charge in [-0.3, -0.25) is 23.6 Å². The molecule has 2 amide bonds. The maximum atomic E-state index is 15.8. The largest absolute Gasteiger partial charge is 0.497 e. The second kappa shape index (κ2) is 17.5. The summed E-state index contributed by atoms with van der Waals surface area (Å²) in [6, 6.07) is 16.4. The average Bonchev–Trinajstić information content (AvgIpc) is 4.00. The molecule has 0 bridgehead atoms. The normalized spacial score (nSPS) is 11.0. The van der Waals surface area contributed by atoms with E-state index in [1.54, 1.807) is 50.7 Å². The van der Waals surface area contributed by atoms with E-state index in [1.165, 1.54) is 56.4 Å². The number of anilines is 2. The lowest BCUT2D eigenvalue weighted by Crippen LogP contribution is -2.25. The Kier molecular flexibility index (Phi) is 11.6. The molecule has 0 atom stereocenters. The quantitative estimate of drug-likeness (QED) is 0.106. The van der Waals surface area contributed by atoms with Crippen LogP contribution >= 0.6 is 0 Å². The van der Waals surface area contributed by atoms with E-state index in [4.69, 9.17) is 4.74 Å². The second-order valence-corrected chi connectivity index (χ2v) is 13.0. The van der Waals surface area contributed by atoms with E-state index in [-0.39, 0.29) is 53.5 Å². The topological polar surface area (TPSA) is 232 Å². The molecule has 7 aromatic rings. The molecule has 7 rings (SSSR count). The molecule has 4 aromatic heterocycles. The van der Waals surface area contributed by atoms with Crippen LogP contribution in [-0.4, -0.2) is 85.5 Å². The van der Waals surface area contributed by atoms with Gasteiger partial charge in [0.1, 0.15) is 30.0 Å². The van der Waals surface area contributed by atoms with Crippen molar-refractivity contribution < 1.29 is 42.9 Å². The van der Waals surface area contributed by atoms with Crippen molar-refractivity contribution in [2.45, 2.75) is 19.6 Å². The number of hydrogen-bond donors (Lipinski definition) is 4. The van der Waals surface area contributed by atoms with E-state index in [9.17, 15) is 29.4 Å². The minimum atomic E-state index is -1.53. The third-order valence-electron chi connectivity index (χ3n) is 8.99. The number of amides is 2. The minimum Gasteiger partial charge on any atom is -0.497 e. The zero-order chi connectivity index (χ0) is 42.3. The number of carbonyl (C=O) groups excluding carboxylic acids is 2. The van der Waals surface area contributed by atoms with Gasteiger partial charge in [-0.1, -0.05) is 12.1 Å². The van der Waals surface area contributed by atoms with Gasteiger partial charge in [0.15, 0.2) is 23.0 Å². The highest BCUT2D eigenvalue weighted by Gasteiger charge is 2.23. The van der Waals surface area contributed by atoms with Crippen LogP contribution in [-0.2, 0) is 19.6 Å². The lowest BCUT2D eigenvalue weighted by molar-refractivity contribution is 0.0686. The summed E-state index contributed by atoms with van der Waals surface area (Å²) in [6.45, 7) is -0.493. The number of nitrogens with one attached hydrogen (secondary N) is 2. The van der Waals surface area contributed by atoms with Crippen molar-refractivity contribution in [3.05, 3.63) is 161 Å². The standard InChI is InChI=1S/C40H31F2N11O7/c1-60-26-4-2-23(3-5-26)18-51(19-24-14-33(27(39(56)57)16-29(24)41)45-37(54)31-6-8-35(49-47-31)52-12-10-43-21-52)20-25-15-34(28(40(58)59)17-30(25)42)46-38(55)32-7-9-36(50-48-32)53-13-11-44-22-53/h2-17,21-22H,18-20H2,1H3,(H,45,54)(H,46,55)(H,56,57)(H,58,59). The molecular weight excluding hydrogens is 785 g/mol. The zero-order valence-corrected chi connectivity index (χ0v) is 31.2. The Morgan fingerprint density at radius 1 is 0.650 bits per heavy atom. The maximum Gasteiger partial charge on any atom is 0.337 e. The third kappa shape index (κ3) is 9.13. The van der Waals surface area contributed by atoms with E-state index in [0.717, 1.165) is 24.3 Å². The Morgan fingerprint density at radius 2 is 1.12 bits per heavy atom. The number of carbonyl (C=O) groups is 4. The van der Waals surface area contributed by atoms with Crippen LogP contribution in [0, 0.1) is 11.6 Å². The van der Waals surface area contributed by atoms with Crippen molar-refractivity contribution in [2.75, 3.05) is 17.7 Å². The summed E-state index contributed by atoms with van der Waals surface area (Å²) in [6.07, 6.45) is 9.28. The molecule has 3 aromatic carbocycles. The number of imidazole rings is 2. The molecule has 4 heterocycles. The third-order valence-corrected chi connectivity index (χ3v) is 8.99. The van der Waals surface area contributed by atoms with Crippen LogP contribution in [0.4, 0.5) is 20.2 Å². The molecule has 0 spiro atoms. The summed E-state index contributed by atoms with van der Waals surface area (Å²) < 4.78 is 40.0. The molecule has 0 aliphatic heterocycles. The monoisotopic (exact) mass is 815 g/mol. The van der Waals surface area contributed by atoms with Crippen LogP contribution in [0.25, 0.3) is 11.6 Å². The molecule has 20 heteroatoms. The minimum absolute atomic E-state index is 0.0608. The number of benzene rings is 3. The smallest absolute Gasteiger partial charge is 0.337 e. The van der Waals surface area contributed by atoms with Crippen LogP contribution in [0.3, 0.4) is 0 Å². The Hall–Kier alpha value is -8.26. The number of methoxy groups -OCH3 is 1. The van der Waals surface area contributed by atoms with Crippen molar-refractivity contribution in [1.82, 2.24) is 44.4 Å². The first kappa shape index (κ1) is 40.0. The number of halogens is 2. The Morgan fingerprint density at radius 3 is 1.48 bits per heavy atom. The summed E-state index contributed by atoms with van der Waals surface area (Å²) in [5, 5.41) is 40.7. The first-order chi connectivity index (χ1) is 28.9. The Bertz CT molecular complexity index is 2520. The Balaban J connectivity index is 1.18. The van der Waals surface area contributed by atoms with Crippen molar-refractivity contribution in [1.29, 1.82) is 0 Å². The van der Waals surface area contributed by atoms with Gasteiger partial charge in [0.25, 0.3) is 11.8 Å². The predicted octanol–water partition coefficient (Wildman–Crippen LogP) is 5.03. The summed E-state index contributed by atoms with van der Waals surface area (Å²) in [4.78, 5) is 60.4. The van der Waals surface area contributed by atoms with E-state index in [1.807, 2.05) is 0 Å². The van der Waals surface area contributed by atoms with Crippen LogP contribution < -0.4 is 15.4 Å². The van der Waals surface area contributed by atoms with Gasteiger partial charge < -0.3 is 25.6 Å². The van der Waals surface area contributed by atoms with Crippen molar-refractivity contribution in [2.24, 2.45) is 0 Å². The average molecular weight is 816 g/mol.